The Kier molecular flexibility index (Phi) is 3.77. The van der Waals surface area contributed by atoms with Crippen molar-refractivity contribution in [1.82, 2.24) is 4.98 Å². The summed E-state index contributed by atoms with van der Waals surface area (Å²) in [5.74, 6) is 1.23. The standard InChI is InChI=1S/C14H20N2O/c1-3-13(17)12-9-11(2)14(15-10-12)16-7-5-4-6-8-16/h9-10H,3-8H2,1-2H3. The number of aromatic nitrogens is 1. The summed E-state index contributed by atoms with van der Waals surface area (Å²) in [6.45, 7) is 6.11. The maximum absolute atomic E-state index is 11.6. The number of anilines is 1. The normalized spacial score (nSPS) is 16.0. The highest BCUT2D eigenvalue weighted by molar-refractivity contribution is 5.96. The van der Waals surface area contributed by atoms with Crippen LogP contribution in [0.25, 0.3) is 0 Å². The zero-order valence-corrected chi connectivity index (χ0v) is 10.7. The maximum atomic E-state index is 11.6. The molecule has 1 aliphatic rings. The molecule has 0 bridgehead atoms. The third-order valence-electron chi connectivity index (χ3n) is 3.35. The van der Waals surface area contributed by atoms with Crippen LogP contribution in [-0.2, 0) is 0 Å². The van der Waals surface area contributed by atoms with E-state index in [2.05, 4.69) is 9.88 Å². The average Bonchev–Trinajstić information content (AvgIpc) is 2.38. The van der Waals surface area contributed by atoms with E-state index < -0.39 is 0 Å². The second kappa shape index (κ2) is 5.30. The minimum atomic E-state index is 0.172. The molecule has 0 atom stereocenters. The summed E-state index contributed by atoms with van der Waals surface area (Å²) < 4.78 is 0. The predicted molar refractivity (Wildman–Crippen MR) is 69.7 cm³/mol. The lowest BCUT2D eigenvalue weighted by molar-refractivity contribution is 0.0988. The van der Waals surface area contributed by atoms with E-state index >= 15 is 0 Å². The minimum absolute atomic E-state index is 0.172. The van der Waals surface area contributed by atoms with Crippen molar-refractivity contribution in [1.29, 1.82) is 0 Å². The molecule has 0 saturated carbocycles. The first-order valence-corrected chi connectivity index (χ1v) is 6.47. The van der Waals surface area contributed by atoms with Gasteiger partial charge < -0.3 is 4.90 Å². The Hall–Kier alpha value is -1.38. The molecule has 1 aromatic rings. The van der Waals surface area contributed by atoms with Crippen molar-refractivity contribution in [3.8, 4) is 0 Å². The number of carbonyl (C=O) groups is 1. The molecule has 17 heavy (non-hydrogen) atoms. The zero-order chi connectivity index (χ0) is 12.3. The Morgan fingerprint density at radius 3 is 2.65 bits per heavy atom. The Balaban J connectivity index is 2.21. The summed E-state index contributed by atoms with van der Waals surface area (Å²) in [4.78, 5) is 18.4. The van der Waals surface area contributed by atoms with E-state index in [0.717, 1.165) is 30.0 Å². The predicted octanol–water partition coefficient (Wildman–Crippen LogP) is 2.97. The second-order valence-electron chi connectivity index (χ2n) is 4.69. The molecule has 0 aliphatic carbocycles. The zero-order valence-electron chi connectivity index (χ0n) is 10.7. The molecule has 1 aromatic heterocycles. The van der Waals surface area contributed by atoms with Crippen LogP contribution in [0.4, 0.5) is 5.82 Å². The first-order chi connectivity index (χ1) is 8.22. The van der Waals surface area contributed by atoms with Gasteiger partial charge in [0.05, 0.1) is 0 Å². The third-order valence-corrected chi connectivity index (χ3v) is 3.35. The quantitative estimate of drug-likeness (QED) is 0.751. The van der Waals surface area contributed by atoms with Crippen molar-refractivity contribution in [2.45, 2.75) is 39.5 Å². The van der Waals surface area contributed by atoms with Gasteiger partial charge in [-0.2, -0.15) is 0 Å². The van der Waals surface area contributed by atoms with Gasteiger partial charge in [0.2, 0.25) is 0 Å². The highest BCUT2D eigenvalue weighted by Crippen LogP contribution is 2.22. The van der Waals surface area contributed by atoms with Gasteiger partial charge in [0, 0.05) is 31.3 Å². The molecule has 0 radical (unpaired) electrons. The van der Waals surface area contributed by atoms with Crippen LogP contribution < -0.4 is 4.90 Å². The summed E-state index contributed by atoms with van der Waals surface area (Å²) in [6.07, 6.45) is 6.09. The highest BCUT2D eigenvalue weighted by Gasteiger charge is 2.15. The molecular formula is C14H20N2O. The van der Waals surface area contributed by atoms with Crippen molar-refractivity contribution in [2.75, 3.05) is 18.0 Å². The number of piperidine rings is 1. The Bertz CT molecular complexity index is 409. The fraction of sp³-hybridized carbons (Fsp3) is 0.571. The van der Waals surface area contributed by atoms with Crippen LogP contribution in [0.3, 0.4) is 0 Å². The molecule has 2 rings (SSSR count). The number of hydrogen-bond donors (Lipinski definition) is 0. The molecule has 0 N–H and O–H groups in total. The van der Waals surface area contributed by atoms with Crippen LogP contribution in [0, 0.1) is 6.92 Å². The third kappa shape index (κ3) is 2.65. The van der Waals surface area contributed by atoms with E-state index in [1.54, 1.807) is 6.20 Å². The van der Waals surface area contributed by atoms with Gasteiger partial charge in [-0.1, -0.05) is 6.92 Å². The molecule has 2 heterocycles. The molecule has 1 aliphatic heterocycles. The molecule has 0 amide bonds. The molecule has 92 valence electrons. The number of hydrogen-bond acceptors (Lipinski definition) is 3. The highest BCUT2D eigenvalue weighted by atomic mass is 16.1. The first kappa shape index (κ1) is 12.1. The monoisotopic (exact) mass is 232 g/mol. The average molecular weight is 232 g/mol. The van der Waals surface area contributed by atoms with Crippen molar-refractivity contribution in [3.63, 3.8) is 0 Å². The van der Waals surface area contributed by atoms with E-state index in [0.29, 0.717) is 6.42 Å². The van der Waals surface area contributed by atoms with Gasteiger partial charge >= 0.3 is 0 Å². The number of aryl methyl sites for hydroxylation is 1. The Morgan fingerprint density at radius 1 is 1.35 bits per heavy atom. The largest absolute Gasteiger partial charge is 0.356 e. The lowest BCUT2D eigenvalue weighted by Crippen LogP contribution is -2.30. The smallest absolute Gasteiger partial charge is 0.164 e. The van der Waals surface area contributed by atoms with Crippen molar-refractivity contribution < 1.29 is 4.79 Å². The topological polar surface area (TPSA) is 33.2 Å². The summed E-state index contributed by atoms with van der Waals surface area (Å²) >= 11 is 0. The van der Waals surface area contributed by atoms with Crippen LogP contribution in [0.5, 0.6) is 0 Å². The van der Waals surface area contributed by atoms with Gasteiger partial charge in [0.15, 0.2) is 5.78 Å². The fourth-order valence-electron chi connectivity index (χ4n) is 2.36. The van der Waals surface area contributed by atoms with Gasteiger partial charge in [0.1, 0.15) is 5.82 Å². The van der Waals surface area contributed by atoms with E-state index in [1.807, 2.05) is 19.9 Å². The van der Waals surface area contributed by atoms with Gasteiger partial charge in [-0.3, -0.25) is 4.79 Å². The van der Waals surface area contributed by atoms with Gasteiger partial charge in [0.25, 0.3) is 0 Å². The number of carbonyl (C=O) groups excluding carboxylic acids is 1. The molecule has 0 spiro atoms. The van der Waals surface area contributed by atoms with Crippen LogP contribution in [0.1, 0.15) is 48.5 Å². The van der Waals surface area contributed by atoms with Gasteiger partial charge in [-0.15, -0.1) is 0 Å². The molecule has 3 nitrogen and oxygen atoms in total. The Morgan fingerprint density at radius 2 is 2.06 bits per heavy atom. The molecule has 0 aromatic carbocycles. The maximum Gasteiger partial charge on any atom is 0.164 e. The van der Waals surface area contributed by atoms with E-state index in [9.17, 15) is 4.79 Å². The number of Topliss-reactive ketones (excluding diaryl/α,β-unsaturated/α-hetero) is 1. The number of nitrogens with zero attached hydrogens (tertiary/aromatic N) is 2. The summed E-state index contributed by atoms with van der Waals surface area (Å²) in [6, 6.07) is 1.97. The number of rotatable bonds is 3. The minimum Gasteiger partial charge on any atom is -0.356 e. The molecular weight excluding hydrogens is 212 g/mol. The van der Waals surface area contributed by atoms with Crippen molar-refractivity contribution >= 4 is 11.6 Å². The number of ketones is 1. The Labute approximate surface area is 103 Å². The van der Waals surface area contributed by atoms with Gasteiger partial charge in [-0.25, -0.2) is 4.98 Å². The summed E-state index contributed by atoms with van der Waals surface area (Å²) in [7, 11) is 0. The van der Waals surface area contributed by atoms with E-state index in [1.165, 1.54) is 19.3 Å². The van der Waals surface area contributed by atoms with Crippen LogP contribution >= 0.6 is 0 Å². The second-order valence-corrected chi connectivity index (χ2v) is 4.69. The lowest BCUT2D eigenvalue weighted by atomic mass is 10.1. The fourth-order valence-corrected chi connectivity index (χ4v) is 2.36. The SMILES string of the molecule is CCC(=O)c1cnc(N2CCCCC2)c(C)c1. The van der Waals surface area contributed by atoms with E-state index in [4.69, 9.17) is 0 Å². The molecule has 3 heteroatoms. The first-order valence-electron chi connectivity index (χ1n) is 6.47. The summed E-state index contributed by atoms with van der Waals surface area (Å²) in [5.41, 5.74) is 1.86. The number of pyridine rings is 1. The molecule has 0 unspecified atom stereocenters. The summed E-state index contributed by atoms with van der Waals surface area (Å²) in [5, 5.41) is 0. The van der Waals surface area contributed by atoms with Crippen LogP contribution in [0.2, 0.25) is 0 Å². The molecule has 1 fully saturated rings. The van der Waals surface area contributed by atoms with Crippen molar-refractivity contribution in [3.05, 3.63) is 23.4 Å². The van der Waals surface area contributed by atoms with Crippen molar-refractivity contribution in [2.24, 2.45) is 0 Å². The molecule has 1 saturated heterocycles. The van der Waals surface area contributed by atoms with Crippen LogP contribution in [0.15, 0.2) is 12.3 Å². The van der Waals surface area contributed by atoms with Crippen LogP contribution in [-0.4, -0.2) is 23.9 Å². The van der Waals surface area contributed by atoms with E-state index in [-0.39, 0.29) is 5.78 Å². The van der Waals surface area contributed by atoms with Gasteiger partial charge in [-0.05, 0) is 37.8 Å². The lowest BCUT2D eigenvalue weighted by Gasteiger charge is -2.29.